The Bertz CT molecular complexity index is 503. The Morgan fingerprint density at radius 3 is 2.44 bits per heavy atom. The number of halogens is 1. The summed E-state index contributed by atoms with van der Waals surface area (Å²) in [6, 6.07) is 13.1. The van der Waals surface area contributed by atoms with E-state index in [-0.39, 0.29) is 0 Å². The molecule has 0 aliphatic rings. The summed E-state index contributed by atoms with van der Waals surface area (Å²) in [6.07, 6.45) is 0. The maximum Gasteiger partial charge on any atom is 0.0588 e. The van der Waals surface area contributed by atoms with Crippen molar-refractivity contribution in [2.75, 3.05) is 10.2 Å². The van der Waals surface area contributed by atoms with Gasteiger partial charge in [-0.15, -0.1) is 0 Å². The van der Waals surface area contributed by atoms with Gasteiger partial charge in [0.2, 0.25) is 0 Å². The molecule has 0 aromatic heterocycles. The molecule has 1 nitrogen and oxygen atoms in total. The normalized spacial score (nSPS) is 11.1. The van der Waals surface area contributed by atoms with Crippen molar-refractivity contribution in [1.29, 1.82) is 0 Å². The fourth-order valence-corrected chi connectivity index (χ4v) is 2.26. The van der Waals surface area contributed by atoms with Crippen molar-refractivity contribution in [2.24, 2.45) is 0 Å². The molecular formula is C14H16IN. The summed E-state index contributed by atoms with van der Waals surface area (Å²) in [5.74, 6) is 0.557. The van der Waals surface area contributed by atoms with Crippen LogP contribution in [0.15, 0.2) is 36.4 Å². The maximum atomic E-state index is 2.31. The number of anilines is 1. The SMILES string of the molecule is CC(C)c1cc(N(C)I)cc2ccccc12. The Morgan fingerprint density at radius 1 is 1.12 bits per heavy atom. The van der Waals surface area contributed by atoms with Crippen LogP contribution in [0.1, 0.15) is 25.3 Å². The van der Waals surface area contributed by atoms with Crippen LogP contribution < -0.4 is 3.11 Å². The predicted octanol–water partition coefficient (Wildman–Crippen LogP) is 4.75. The highest BCUT2D eigenvalue weighted by molar-refractivity contribution is 14.1. The average molecular weight is 325 g/mol. The lowest BCUT2D eigenvalue weighted by atomic mass is 9.95. The second-order valence-electron chi connectivity index (χ2n) is 4.39. The van der Waals surface area contributed by atoms with E-state index in [2.05, 4.69) is 83.3 Å². The summed E-state index contributed by atoms with van der Waals surface area (Å²) in [4.78, 5) is 0. The van der Waals surface area contributed by atoms with E-state index in [1.165, 1.54) is 22.0 Å². The minimum atomic E-state index is 0.557. The smallest absolute Gasteiger partial charge is 0.0588 e. The Morgan fingerprint density at radius 2 is 1.81 bits per heavy atom. The van der Waals surface area contributed by atoms with Crippen LogP contribution in [0.2, 0.25) is 0 Å². The van der Waals surface area contributed by atoms with Crippen molar-refractivity contribution >= 4 is 39.3 Å². The first-order valence-corrected chi connectivity index (χ1v) is 6.48. The van der Waals surface area contributed by atoms with E-state index in [1.54, 1.807) is 0 Å². The van der Waals surface area contributed by atoms with Gasteiger partial charge < -0.3 is 3.11 Å². The van der Waals surface area contributed by atoms with E-state index in [0.29, 0.717) is 5.92 Å². The first kappa shape index (κ1) is 11.7. The molecule has 84 valence electrons. The first-order chi connectivity index (χ1) is 7.59. The van der Waals surface area contributed by atoms with Gasteiger partial charge in [0.1, 0.15) is 0 Å². The molecule has 0 unspecified atom stereocenters. The van der Waals surface area contributed by atoms with E-state index in [4.69, 9.17) is 0 Å². The monoisotopic (exact) mass is 325 g/mol. The molecule has 0 saturated carbocycles. The molecule has 0 N–H and O–H groups in total. The molecule has 2 rings (SSSR count). The van der Waals surface area contributed by atoms with Gasteiger partial charge in [-0.3, -0.25) is 0 Å². The molecule has 0 saturated heterocycles. The maximum absolute atomic E-state index is 2.31. The van der Waals surface area contributed by atoms with Crippen LogP contribution in [-0.2, 0) is 0 Å². The van der Waals surface area contributed by atoms with Gasteiger partial charge in [0.05, 0.1) is 22.9 Å². The molecule has 0 fully saturated rings. The van der Waals surface area contributed by atoms with Crippen molar-refractivity contribution in [3.05, 3.63) is 42.0 Å². The van der Waals surface area contributed by atoms with Crippen LogP contribution in [0.4, 0.5) is 5.69 Å². The zero-order chi connectivity index (χ0) is 11.7. The zero-order valence-electron chi connectivity index (χ0n) is 9.87. The number of fused-ring (bicyclic) bond motifs is 1. The fraction of sp³-hybridized carbons (Fsp3) is 0.286. The van der Waals surface area contributed by atoms with Gasteiger partial charge in [-0.1, -0.05) is 38.1 Å². The molecule has 0 aliphatic carbocycles. The standard InChI is InChI=1S/C14H16IN/c1-10(2)14-9-12(16(3)15)8-11-6-4-5-7-13(11)14/h4-10H,1-3H3. The molecule has 2 aromatic rings. The third-order valence-corrected chi connectivity index (χ3v) is 3.41. The van der Waals surface area contributed by atoms with E-state index in [0.717, 1.165) is 0 Å². The molecule has 16 heavy (non-hydrogen) atoms. The highest BCUT2D eigenvalue weighted by atomic mass is 127. The van der Waals surface area contributed by atoms with Gasteiger partial charge in [-0.2, -0.15) is 0 Å². The minimum absolute atomic E-state index is 0.557. The van der Waals surface area contributed by atoms with Crippen LogP contribution in [-0.4, -0.2) is 7.05 Å². The topological polar surface area (TPSA) is 3.24 Å². The summed E-state index contributed by atoms with van der Waals surface area (Å²) >= 11 is 2.31. The first-order valence-electron chi connectivity index (χ1n) is 5.52. The second kappa shape index (κ2) is 4.62. The molecule has 0 radical (unpaired) electrons. The quantitative estimate of drug-likeness (QED) is 0.569. The largest absolute Gasteiger partial charge is 0.318 e. The predicted molar refractivity (Wildman–Crippen MR) is 80.5 cm³/mol. The summed E-state index contributed by atoms with van der Waals surface area (Å²) in [5, 5.41) is 2.70. The minimum Gasteiger partial charge on any atom is -0.318 e. The van der Waals surface area contributed by atoms with Crippen LogP contribution in [0, 0.1) is 0 Å². The Hall–Kier alpha value is -0.770. The van der Waals surface area contributed by atoms with Crippen LogP contribution in [0.25, 0.3) is 10.8 Å². The van der Waals surface area contributed by atoms with Gasteiger partial charge in [-0.05, 0) is 34.4 Å². The van der Waals surface area contributed by atoms with E-state index in [9.17, 15) is 0 Å². The molecule has 0 atom stereocenters. The summed E-state index contributed by atoms with van der Waals surface area (Å²) in [6.45, 7) is 4.50. The zero-order valence-corrected chi connectivity index (χ0v) is 12.0. The summed E-state index contributed by atoms with van der Waals surface area (Å²) < 4.78 is 2.13. The second-order valence-corrected chi connectivity index (χ2v) is 5.84. The Balaban J connectivity index is 2.74. The van der Waals surface area contributed by atoms with Gasteiger partial charge in [0.15, 0.2) is 0 Å². The van der Waals surface area contributed by atoms with Gasteiger partial charge in [0, 0.05) is 12.7 Å². The molecule has 2 aromatic carbocycles. The molecule has 2 heteroatoms. The third-order valence-electron chi connectivity index (χ3n) is 2.86. The number of nitrogens with zero attached hydrogens (tertiary/aromatic N) is 1. The lowest BCUT2D eigenvalue weighted by Crippen LogP contribution is -2.01. The molecule has 0 bridgehead atoms. The Labute approximate surface area is 111 Å². The van der Waals surface area contributed by atoms with Crippen molar-refractivity contribution < 1.29 is 0 Å². The van der Waals surface area contributed by atoms with Crippen molar-refractivity contribution in [3.8, 4) is 0 Å². The summed E-state index contributed by atoms with van der Waals surface area (Å²) in [7, 11) is 2.08. The van der Waals surface area contributed by atoms with Gasteiger partial charge in [-0.25, -0.2) is 0 Å². The highest BCUT2D eigenvalue weighted by Crippen LogP contribution is 2.31. The lowest BCUT2D eigenvalue weighted by Gasteiger charge is -2.16. The molecule has 0 aliphatic heterocycles. The van der Waals surface area contributed by atoms with Crippen molar-refractivity contribution in [2.45, 2.75) is 19.8 Å². The Kier molecular flexibility index (Phi) is 3.38. The van der Waals surface area contributed by atoms with E-state index in [1.807, 2.05) is 0 Å². The van der Waals surface area contributed by atoms with E-state index >= 15 is 0 Å². The number of rotatable bonds is 2. The van der Waals surface area contributed by atoms with Crippen molar-refractivity contribution in [3.63, 3.8) is 0 Å². The number of benzene rings is 2. The fourth-order valence-electron chi connectivity index (χ4n) is 1.98. The summed E-state index contributed by atoms with van der Waals surface area (Å²) in [5.41, 5.74) is 2.69. The molecular weight excluding hydrogens is 309 g/mol. The number of hydrogen-bond acceptors (Lipinski definition) is 1. The highest BCUT2D eigenvalue weighted by Gasteiger charge is 2.08. The van der Waals surface area contributed by atoms with Gasteiger partial charge >= 0.3 is 0 Å². The van der Waals surface area contributed by atoms with Gasteiger partial charge in [0.25, 0.3) is 0 Å². The molecule has 0 spiro atoms. The third kappa shape index (κ3) is 2.17. The lowest BCUT2D eigenvalue weighted by molar-refractivity contribution is 0.876. The van der Waals surface area contributed by atoms with Crippen LogP contribution in [0.3, 0.4) is 0 Å². The molecule has 0 amide bonds. The number of hydrogen-bond donors (Lipinski definition) is 0. The molecule has 0 heterocycles. The van der Waals surface area contributed by atoms with Crippen LogP contribution in [0.5, 0.6) is 0 Å². The van der Waals surface area contributed by atoms with Crippen molar-refractivity contribution in [1.82, 2.24) is 0 Å². The van der Waals surface area contributed by atoms with Crippen LogP contribution >= 0.6 is 22.9 Å². The average Bonchev–Trinajstić information content (AvgIpc) is 2.27. The van der Waals surface area contributed by atoms with E-state index < -0.39 is 0 Å².